The van der Waals surface area contributed by atoms with Gasteiger partial charge in [-0.3, -0.25) is 0 Å². The van der Waals surface area contributed by atoms with E-state index in [-0.39, 0.29) is 5.82 Å². The van der Waals surface area contributed by atoms with Crippen LogP contribution in [0.4, 0.5) is 4.39 Å². The molecule has 0 aliphatic carbocycles. The summed E-state index contributed by atoms with van der Waals surface area (Å²) in [7, 11) is 2.03. The summed E-state index contributed by atoms with van der Waals surface area (Å²) in [4.78, 5) is 2.17. The molecule has 2 rings (SSSR count). The van der Waals surface area contributed by atoms with Crippen molar-refractivity contribution in [3.63, 3.8) is 0 Å². The molecule has 0 aromatic heterocycles. The summed E-state index contributed by atoms with van der Waals surface area (Å²) in [5.41, 5.74) is -0.473. The number of hydrogen-bond acceptors (Lipinski definition) is 2. The lowest BCUT2D eigenvalue weighted by atomic mass is 9.87. The zero-order valence-electron chi connectivity index (χ0n) is 9.92. The molecule has 4 heteroatoms. The lowest BCUT2D eigenvalue weighted by molar-refractivity contribution is 0.0216. The van der Waals surface area contributed by atoms with E-state index in [0.717, 1.165) is 19.5 Å². The van der Waals surface area contributed by atoms with Gasteiger partial charge >= 0.3 is 0 Å². The van der Waals surface area contributed by atoms with Crippen molar-refractivity contribution >= 4 is 11.6 Å². The molecule has 1 N–H and O–H groups in total. The predicted molar refractivity (Wildman–Crippen MR) is 66.7 cm³/mol. The molecule has 0 radical (unpaired) electrons. The van der Waals surface area contributed by atoms with E-state index in [1.165, 1.54) is 18.2 Å². The third-order valence-corrected chi connectivity index (χ3v) is 3.80. The maximum atomic E-state index is 13.3. The van der Waals surface area contributed by atoms with Crippen molar-refractivity contribution < 1.29 is 9.50 Å². The average Bonchev–Trinajstić information content (AvgIpc) is 2.46. The molecule has 1 fully saturated rings. The van der Waals surface area contributed by atoms with Crippen molar-refractivity contribution in [2.24, 2.45) is 0 Å². The molecule has 17 heavy (non-hydrogen) atoms. The summed E-state index contributed by atoms with van der Waals surface area (Å²) in [6, 6.07) is 4.18. The molecule has 0 bridgehead atoms. The van der Waals surface area contributed by atoms with Crippen LogP contribution in [0.1, 0.15) is 24.8 Å². The Morgan fingerprint density at radius 1 is 1.35 bits per heavy atom. The quantitative estimate of drug-likeness (QED) is 0.836. The fourth-order valence-electron chi connectivity index (χ4n) is 2.38. The first-order valence-electron chi connectivity index (χ1n) is 5.88. The Morgan fingerprint density at radius 3 is 2.88 bits per heavy atom. The molecule has 1 heterocycles. The number of hydrogen-bond donors (Lipinski definition) is 1. The first kappa shape index (κ1) is 12.8. The number of halogens is 2. The van der Waals surface area contributed by atoms with Crippen LogP contribution in [0, 0.1) is 5.82 Å². The third kappa shape index (κ3) is 2.79. The molecule has 1 aliphatic rings. The zero-order valence-corrected chi connectivity index (χ0v) is 10.7. The van der Waals surface area contributed by atoms with Crippen LogP contribution >= 0.6 is 11.6 Å². The van der Waals surface area contributed by atoms with Crippen LogP contribution in [0.15, 0.2) is 18.2 Å². The van der Waals surface area contributed by atoms with E-state index in [4.69, 9.17) is 11.6 Å². The predicted octanol–water partition coefficient (Wildman–Crippen LogP) is 2.78. The molecule has 1 unspecified atom stereocenters. The minimum atomic E-state index is -0.996. The first-order chi connectivity index (χ1) is 8.01. The fraction of sp³-hybridized carbons (Fsp3) is 0.538. The van der Waals surface area contributed by atoms with Crippen LogP contribution in [-0.2, 0) is 5.60 Å². The number of nitrogens with zero attached hydrogens (tertiary/aromatic N) is 1. The second-order valence-corrected chi connectivity index (χ2v) is 5.22. The standard InChI is InChI=1S/C13H17ClFNO/c1-16-7-2-5-13(17,6-8-16)11-9-10(15)3-4-12(11)14/h3-4,9,17H,2,5-8H2,1H3. The number of likely N-dealkylation sites (tertiary alicyclic amines) is 1. The highest BCUT2D eigenvalue weighted by Gasteiger charge is 2.33. The lowest BCUT2D eigenvalue weighted by Crippen LogP contribution is -2.28. The normalized spacial score (nSPS) is 26.8. The molecular weight excluding hydrogens is 241 g/mol. The summed E-state index contributed by atoms with van der Waals surface area (Å²) in [5.74, 6) is -0.351. The van der Waals surface area contributed by atoms with Crippen LogP contribution < -0.4 is 0 Å². The number of rotatable bonds is 1. The smallest absolute Gasteiger partial charge is 0.123 e. The SMILES string of the molecule is CN1CCCC(O)(c2cc(F)ccc2Cl)CC1. The highest BCUT2D eigenvalue weighted by Crippen LogP contribution is 2.36. The van der Waals surface area contributed by atoms with Gasteiger partial charge in [0.25, 0.3) is 0 Å². The molecule has 1 saturated heterocycles. The topological polar surface area (TPSA) is 23.5 Å². The van der Waals surface area contributed by atoms with Gasteiger partial charge in [-0.05, 0) is 51.1 Å². The summed E-state index contributed by atoms with van der Waals surface area (Å²) >= 11 is 6.07. The monoisotopic (exact) mass is 257 g/mol. The summed E-state index contributed by atoms with van der Waals surface area (Å²) in [6.07, 6.45) is 2.10. The van der Waals surface area contributed by atoms with E-state index in [1.54, 1.807) is 0 Å². The minimum absolute atomic E-state index is 0.351. The Hall–Kier alpha value is -0.640. The Balaban J connectivity index is 2.33. The second kappa shape index (κ2) is 4.92. The molecule has 1 aliphatic heterocycles. The molecule has 2 nitrogen and oxygen atoms in total. The van der Waals surface area contributed by atoms with E-state index in [2.05, 4.69) is 4.90 Å². The second-order valence-electron chi connectivity index (χ2n) is 4.81. The maximum Gasteiger partial charge on any atom is 0.123 e. The minimum Gasteiger partial charge on any atom is -0.385 e. The molecule has 1 atom stereocenters. The zero-order chi connectivity index (χ0) is 12.5. The van der Waals surface area contributed by atoms with Crippen molar-refractivity contribution in [2.75, 3.05) is 20.1 Å². The van der Waals surface area contributed by atoms with Crippen molar-refractivity contribution in [2.45, 2.75) is 24.9 Å². The summed E-state index contributed by atoms with van der Waals surface area (Å²) < 4.78 is 13.3. The van der Waals surface area contributed by atoms with Gasteiger partial charge in [0.1, 0.15) is 5.82 Å². The molecule has 1 aromatic carbocycles. The van der Waals surface area contributed by atoms with Crippen molar-refractivity contribution in [3.8, 4) is 0 Å². The van der Waals surface area contributed by atoms with Crippen LogP contribution in [0.3, 0.4) is 0 Å². The Bertz CT molecular complexity index is 412. The van der Waals surface area contributed by atoms with Gasteiger partial charge in [-0.1, -0.05) is 11.6 Å². The molecule has 0 amide bonds. The van der Waals surface area contributed by atoms with Gasteiger partial charge in [0.15, 0.2) is 0 Å². The van der Waals surface area contributed by atoms with Gasteiger partial charge in [-0.15, -0.1) is 0 Å². The summed E-state index contributed by atoms with van der Waals surface area (Å²) in [5, 5.41) is 11.1. The van der Waals surface area contributed by atoms with Crippen molar-refractivity contribution in [1.29, 1.82) is 0 Å². The Kier molecular flexibility index (Phi) is 3.71. The van der Waals surface area contributed by atoms with Crippen LogP contribution in [0.5, 0.6) is 0 Å². The Labute approximate surface area is 106 Å². The maximum absolute atomic E-state index is 13.3. The van der Waals surface area contributed by atoms with E-state index < -0.39 is 5.60 Å². The van der Waals surface area contributed by atoms with Crippen LogP contribution in [0.2, 0.25) is 5.02 Å². The number of aliphatic hydroxyl groups is 1. The Morgan fingerprint density at radius 2 is 2.12 bits per heavy atom. The van der Waals surface area contributed by atoms with Gasteiger partial charge in [0, 0.05) is 17.1 Å². The lowest BCUT2D eigenvalue weighted by Gasteiger charge is -2.28. The average molecular weight is 258 g/mol. The van der Waals surface area contributed by atoms with Gasteiger partial charge < -0.3 is 10.0 Å². The van der Waals surface area contributed by atoms with E-state index in [1.807, 2.05) is 7.05 Å². The molecule has 0 spiro atoms. The van der Waals surface area contributed by atoms with Crippen molar-refractivity contribution in [3.05, 3.63) is 34.6 Å². The molecule has 1 aromatic rings. The van der Waals surface area contributed by atoms with Gasteiger partial charge in [0.2, 0.25) is 0 Å². The third-order valence-electron chi connectivity index (χ3n) is 3.47. The molecular formula is C13H17ClFNO. The number of benzene rings is 1. The van der Waals surface area contributed by atoms with Crippen LogP contribution in [0.25, 0.3) is 0 Å². The molecule has 0 saturated carbocycles. The highest BCUT2D eigenvalue weighted by molar-refractivity contribution is 6.31. The van der Waals surface area contributed by atoms with Crippen molar-refractivity contribution in [1.82, 2.24) is 4.90 Å². The van der Waals surface area contributed by atoms with E-state index in [9.17, 15) is 9.50 Å². The van der Waals surface area contributed by atoms with E-state index >= 15 is 0 Å². The summed E-state index contributed by atoms with van der Waals surface area (Å²) in [6.45, 7) is 1.75. The van der Waals surface area contributed by atoms with Gasteiger partial charge in [-0.2, -0.15) is 0 Å². The van der Waals surface area contributed by atoms with Gasteiger partial charge in [-0.25, -0.2) is 4.39 Å². The van der Waals surface area contributed by atoms with Gasteiger partial charge in [0.05, 0.1) is 5.60 Å². The first-order valence-corrected chi connectivity index (χ1v) is 6.25. The molecule has 94 valence electrons. The van der Waals surface area contributed by atoms with E-state index in [0.29, 0.717) is 23.4 Å². The highest BCUT2D eigenvalue weighted by atomic mass is 35.5. The largest absolute Gasteiger partial charge is 0.385 e. The fourth-order valence-corrected chi connectivity index (χ4v) is 2.67. The van der Waals surface area contributed by atoms with Crippen LogP contribution in [-0.4, -0.2) is 30.1 Å².